The standard InChI is InChI=1S/C19H25F3N2O/c1-13-9-14(11-23)12-24(13)17(25)18(7-2-3-8-18)15-5-4-6-16(10-15)19(20,21)22/h4-6,10,13-14H,2-3,7-9,11-12,23H2,1H3. The molecule has 138 valence electrons. The van der Waals surface area contributed by atoms with E-state index in [4.69, 9.17) is 5.73 Å². The zero-order valence-electron chi connectivity index (χ0n) is 14.5. The van der Waals surface area contributed by atoms with Crippen molar-refractivity contribution >= 4 is 5.91 Å². The van der Waals surface area contributed by atoms with Gasteiger partial charge in [-0.2, -0.15) is 13.2 Å². The minimum Gasteiger partial charge on any atom is -0.339 e. The lowest BCUT2D eigenvalue weighted by Gasteiger charge is -2.35. The number of hydrogen-bond donors (Lipinski definition) is 1. The Labute approximate surface area is 146 Å². The topological polar surface area (TPSA) is 46.3 Å². The number of likely N-dealkylation sites (tertiary alicyclic amines) is 1. The summed E-state index contributed by atoms with van der Waals surface area (Å²) in [6, 6.07) is 5.43. The predicted octanol–water partition coefficient (Wildman–Crippen LogP) is 3.71. The van der Waals surface area contributed by atoms with E-state index >= 15 is 0 Å². The quantitative estimate of drug-likeness (QED) is 0.899. The number of carbonyl (C=O) groups is 1. The lowest BCUT2D eigenvalue weighted by Crippen LogP contribution is -2.47. The minimum atomic E-state index is -4.40. The molecule has 3 nitrogen and oxygen atoms in total. The van der Waals surface area contributed by atoms with Gasteiger partial charge >= 0.3 is 6.18 Å². The molecule has 1 amide bonds. The van der Waals surface area contributed by atoms with Crippen LogP contribution in [0.2, 0.25) is 0 Å². The lowest BCUT2D eigenvalue weighted by atomic mass is 9.77. The smallest absolute Gasteiger partial charge is 0.339 e. The summed E-state index contributed by atoms with van der Waals surface area (Å²) in [4.78, 5) is 15.3. The molecular formula is C19H25F3N2O. The molecule has 1 saturated heterocycles. The van der Waals surface area contributed by atoms with E-state index in [1.165, 1.54) is 12.1 Å². The maximum Gasteiger partial charge on any atom is 0.416 e. The van der Waals surface area contributed by atoms with Crippen molar-refractivity contribution in [3.63, 3.8) is 0 Å². The summed E-state index contributed by atoms with van der Waals surface area (Å²) in [7, 11) is 0. The third kappa shape index (κ3) is 3.28. The van der Waals surface area contributed by atoms with Crippen LogP contribution >= 0.6 is 0 Å². The summed E-state index contributed by atoms with van der Waals surface area (Å²) in [6.07, 6.45) is -0.576. The zero-order valence-corrected chi connectivity index (χ0v) is 14.5. The number of benzene rings is 1. The van der Waals surface area contributed by atoms with Crippen molar-refractivity contribution in [1.82, 2.24) is 4.90 Å². The van der Waals surface area contributed by atoms with Gasteiger partial charge in [0, 0.05) is 12.6 Å². The maximum absolute atomic E-state index is 13.4. The number of alkyl halides is 3. The van der Waals surface area contributed by atoms with E-state index in [0.717, 1.165) is 25.3 Å². The van der Waals surface area contributed by atoms with Crippen molar-refractivity contribution in [1.29, 1.82) is 0 Å². The second-order valence-corrected chi connectivity index (χ2v) is 7.51. The highest BCUT2D eigenvalue weighted by molar-refractivity contribution is 5.89. The first-order valence-corrected chi connectivity index (χ1v) is 8.97. The van der Waals surface area contributed by atoms with Crippen LogP contribution in [0.15, 0.2) is 24.3 Å². The van der Waals surface area contributed by atoms with E-state index in [-0.39, 0.29) is 17.9 Å². The first kappa shape index (κ1) is 18.2. The Balaban J connectivity index is 1.96. The average molecular weight is 354 g/mol. The molecule has 0 spiro atoms. The van der Waals surface area contributed by atoms with Crippen LogP contribution in [-0.4, -0.2) is 29.9 Å². The highest BCUT2D eigenvalue weighted by atomic mass is 19.4. The Kier molecular flexibility index (Phi) is 4.84. The molecule has 6 heteroatoms. The molecule has 25 heavy (non-hydrogen) atoms. The summed E-state index contributed by atoms with van der Waals surface area (Å²) in [6.45, 7) is 3.14. The summed E-state index contributed by atoms with van der Waals surface area (Å²) in [5.41, 5.74) is 4.77. The normalized spacial score (nSPS) is 26.2. The molecule has 1 aromatic carbocycles. The molecule has 2 N–H and O–H groups in total. The van der Waals surface area contributed by atoms with Crippen LogP contribution in [0, 0.1) is 5.92 Å². The molecule has 3 rings (SSSR count). The molecule has 1 aliphatic carbocycles. The average Bonchev–Trinajstić information content (AvgIpc) is 3.21. The summed E-state index contributed by atoms with van der Waals surface area (Å²) in [5, 5.41) is 0. The van der Waals surface area contributed by atoms with Crippen molar-refractivity contribution in [3.8, 4) is 0 Å². The molecule has 1 saturated carbocycles. The number of hydrogen-bond acceptors (Lipinski definition) is 2. The van der Waals surface area contributed by atoms with Crippen LogP contribution in [0.4, 0.5) is 13.2 Å². The van der Waals surface area contributed by atoms with Crippen LogP contribution in [-0.2, 0) is 16.4 Å². The molecular weight excluding hydrogens is 329 g/mol. The Hall–Kier alpha value is -1.56. The molecule has 1 heterocycles. The molecule has 2 atom stereocenters. The largest absolute Gasteiger partial charge is 0.416 e. The van der Waals surface area contributed by atoms with Gasteiger partial charge in [0.2, 0.25) is 5.91 Å². The molecule has 2 aliphatic rings. The fourth-order valence-corrected chi connectivity index (χ4v) is 4.47. The monoisotopic (exact) mass is 354 g/mol. The molecule has 0 bridgehead atoms. The second-order valence-electron chi connectivity index (χ2n) is 7.51. The number of amides is 1. The molecule has 0 aromatic heterocycles. The van der Waals surface area contributed by atoms with E-state index in [1.807, 2.05) is 11.8 Å². The summed E-state index contributed by atoms with van der Waals surface area (Å²) >= 11 is 0. The Morgan fingerprint density at radius 2 is 2.00 bits per heavy atom. The summed E-state index contributed by atoms with van der Waals surface area (Å²) < 4.78 is 39.4. The zero-order chi connectivity index (χ0) is 18.2. The number of nitrogens with zero attached hydrogens (tertiary/aromatic N) is 1. The number of halogens is 3. The van der Waals surface area contributed by atoms with Crippen LogP contribution in [0.1, 0.15) is 50.2 Å². The highest BCUT2D eigenvalue weighted by Gasteiger charge is 2.48. The van der Waals surface area contributed by atoms with Crippen LogP contribution < -0.4 is 5.73 Å². The molecule has 1 aromatic rings. The SMILES string of the molecule is CC1CC(CN)CN1C(=O)C1(c2cccc(C(F)(F)F)c2)CCCC1. The lowest BCUT2D eigenvalue weighted by molar-refractivity contribution is -0.140. The fraction of sp³-hybridized carbons (Fsp3) is 0.632. The van der Waals surface area contributed by atoms with Crippen molar-refractivity contribution in [2.45, 2.75) is 56.7 Å². The van der Waals surface area contributed by atoms with Gasteiger partial charge in [0.15, 0.2) is 0 Å². The Morgan fingerprint density at radius 1 is 1.32 bits per heavy atom. The predicted molar refractivity (Wildman–Crippen MR) is 89.9 cm³/mol. The van der Waals surface area contributed by atoms with Crippen LogP contribution in [0.3, 0.4) is 0 Å². The van der Waals surface area contributed by atoms with Crippen LogP contribution in [0.25, 0.3) is 0 Å². The van der Waals surface area contributed by atoms with Gasteiger partial charge in [0.05, 0.1) is 11.0 Å². The molecule has 2 unspecified atom stereocenters. The number of carbonyl (C=O) groups excluding carboxylic acids is 1. The number of rotatable bonds is 3. The third-order valence-electron chi connectivity index (χ3n) is 5.86. The number of nitrogens with two attached hydrogens (primary N) is 1. The first-order valence-electron chi connectivity index (χ1n) is 8.97. The van der Waals surface area contributed by atoms with Gasteiger partial charge in [-0.25, -0.2) is 0 Å². The van der Waals surface area contributed by atoms with Gasteiger partial charge in [0.1, 0.15) is 0 Å². The van der Waals surface area contributed by atoms with Crippen molar-refractivity contribution in [2.24, 2.45) is 11.7 Å². The first-order chi connectivity index (χ1) is 11.8. The van der Waals surface area contributed by atoms with Gasteiger partial charge < -0.3 is 10.6 Å². The van der Waals surface area contributed by atoms with E-state index < -0.39 is 17.2 Å². The van der Waals surface area contributed by atoms with Crippen LogP contribution in [0.5, 0.6) is 0 Å². The Bertz CT molecular complexity index is 638. The van der Waals surface area contributed by atoms with Gasteiger partial charge in [-0.15, -0.1) is 0 Å². The van der Waals surface area contributed by atoms with Crippen molar-refractivity contribution < 1.29 is 18.0 Å². The van der Waals surface area contributed by atoms with Gasteiger partial charge in [0.25, 0.3) is 0 Å². The Morgan fingerprint density at radius 3 is 2.56 bits per heavy atom. The second kappa shape index (κ2) is 6.63. The molecule has 2 fully saturated rings. The van der Waals surface area contributed by atoms with E-state index in [0.29, 0.717) is 31.5 Å². The van der Waals surface area contributed by atoms with Gasteiger partial charge in [-0.3, -0.25) is 4.79 Å². The van der Waals surface area contributed by atoms with E-state index in [9.17, 15) is 18.0 Å². The maximum atomic E-state index is 13.4. The highest BCUT2D eigenvalue weighted by Crippen LogP contribution is 2.45. The van der Waals surface area contributed by atoms with Crippen molar-refractivity contribution in [3.05, 3.63) is 35.4 Å². The minimum absolute atomic E-state index is 0.0206. The molecule has 0 radical (unpaired) electrons. The molecule has 1 aliphatic heterocycles. The van der Waals surface area contributed by atoms with E-state index in [2.05, 4.69) is 0 Å². The van der Waals surface area contributed by atoms with Gasteiger partial charge in [-0.05, 0) is 50.3 Å². The fourth-order valence-electron chi connectivity index (χ4n) is 4.47. The van der Waals surface area contributed by atoms with E-state index in [1.54, 1.807) is 6.07 Å². The van der Waals surface area contributed by atoms with Gasteiger partial charge in [-0.1, -0.05) is 31.0 Å². The third-order valence-corrected chi connectivity index (χ3v) is 5.86. The summed E-state index contributed by atoms with van der Waals surface area (Å²) in [5.74, 6) is 0.256. The van der Waals surface area contributed by atoms with Crippen molar-refractivity contribution in [2.75, 3.05) is 13.1 Å².